The molecule has 8 aromatic rings. The zero-order chi connectivity index (χ0) is 36.5. The lowest BCUT2D eigenvalue weighted by molar-refractivity contribution is 0.306. The summed E-state index contributed by atoms with van der Waals surface area (Å²) in [4.78, 5) is 10.6. The molecular formula is C50H43N3O. The molecule has 7 aromatic carbocycles. The second-order valence-corrected chi connectivity index (χ2v) is 13.6. The van der Waals surface area contributed by atoms with E-state index in [9.17, 15) is 0 Å². The van der Waals surface area contributed by atoms with Gasteiger partial charge in [-0.25, -0.2) is 9.98 Å². The Balaban J connectivity index is 1.28. The fourth-order valence-electron chi connectivity index (χ4n) is 7.07. The van der Waals surface area contributed by atoms with Crippen LogP contribution in [0.3, 0.4) is 0 Å². The molecule has 4 nitrogen and oxygen atoms in total. The fourth-order valence-corrected chi connectivity index (χ4v) is 7.07. The number of benzene rings is 7. The molecule has 54 heavy (non-hydrogen) atoms. The summed E-state index contributed by atoms with van der Waals surface area (Å²) < 4.78 is 8.60. The Morgan fingerprint density at radius 2 is 0.944 bits per heavy atom. The molecule has 0 saturated heterocycles. The van der Waals surface area contributed by atoms with Gasteiger partial charge in [-0.1, -0.05) is 165 Å². The van der Waals surface area contributed by atoms with Crippen LogP contribution in [0.15, 0.2) is 192 Å². The number of ether oxygens (including phenoxy) is 1. The Bertz CT molecular complexity index is 2300. The molecule has 0 spiro atoms. The van der Waals surface area contributed by atoms with Crippen LogP contribution in [-0.2, 0) is 6.54 Å². The van der Waals surface area contributed by atoms with E-state index in [2.05, 4.69) is 169 Å². The van der Waals surface area contributed by atoms with Gasteiger partial charge >= 0.3 is 0 Å². The van der Waals surface area contributed by atoms with E-state index < -0.39 is 0 Å². The lowest BCUT2D eigenvalue weighted by atomic mass is 10.0. The third-order valence-corrected chi connectivity index (χ3v) is 9.76. The van der Waals surface area contributed by atoms with E-state index in [-0.39, 0.29) is 0 Å². The number of hydrogen-bond acceptors (Lipinski definition) is 3. The molecule has 1 aromatic heterocycles. The molecular weight excluding hydrogens is 659 g/mol. The van der Waals surface area contributed by atoms with Crippen molar-refractivity contribution in [1.82, 2.24) is 4.57 Å². The molecule has 0 amide bonds. The maximum atomic E-state index is 6.19. The van der Waals surface area contributed by atoms with Crippen LogP contribution in [0.5, 0.6) is 5.75 Å². The molecule has 1 heterocycles. The molecule has 264 valence electrons. The van der Waals surface area contributed by atoms with Crippen molar-refractivity contribution >= 4 is 44.6 Å². The summed E-state index contributed by atoms with van der Waals surface area (Å²) in [5.74, 6) is 0.908. The summed E-state index contributed by atoms with van der Waals surface area (Å²) in [6.07, 6.45) is 3.40. The first-order chi connectivity index (χ1) is 26.7. The maximum Gasteiger partial charge on any atom is 0.119 e. The molecule has 0 radical (unpaired) electrons. The van der Waals surface area contributed by atoms with Gasteiger partial charge in [-0.2, -0.15) is 0 Å². The Morgan fingerprint density at radius 3 is 1.39 bits per heavy atom. The van der Waals surface area contributed by atoms with Crippen LogP contribution in [-0.4, -0.2) is 22.6 Å². The first kappa shape index (κ1) is 34.6. The molecule has 0 unspecified atom stereocenters. The number of rotatable bonds is 13. The van der Waals surface area contributed by atoms with E-state index in [0.717, 1.165) is 74.9 Å². The van der Waals surface area contributed by atoms with Crippen molar-refractivity contribution in [3.63, 3.8) is 0 Å². The number of fused-ring (bicyclic) bond motifs is 3. The van der Waals surface area contributed by atoms with Gasteiger partial charge in [-0.15, -0.1) is 0 Å². The van der Waals surface area contributed by atoms with Crippen LogP contribution in [0.2, 0.25) is 0 Å². The normalized spacial score (nSPS) is 11.1. The molecule has 4 heteroatoms. The van der Waals surface area contributed by atoms with Crippen LogP contribution in [0.25, 0.3) is 21.8 Å². The molecule has 0 fully saturated rings. The smallest absolute Gasteiger partial charge is 0.119 e. The minimum atomic E-state index is 0.668. The third kappa shape index (κ3) is 7.79. The van der Waals surface area contributed by atoms with Crippen LogP contribution in [0, 0.1) is 0 Å². The Hall–Kier alpha value is -6.52. The Kier molecular flexibility index (Phi) is 10.5. The zero-order valence-corrected chi connectivity index (χ0v) is 30.6. The number of hydrogen-bond donors (Lipinski definition) is 0. The number of aliphatic imine (C=N–C) groups is 2. The monoisotopic (exact) mass is 701 g/mol. The van der Waals surface area contributed by atoms with Gasteiger partial charge in [0.05, 0.1) is 40.4 Å². The number of nitrogens with zero attached hydrogens (tertiary/aromatic N) is 3. The highest BCUT2D eigenvalue weighted by Crippen LogP contribution is 2.36. The molecule has 0 atom stereocenters. The zero-order valence-electron chi connectivity index (χ0n) is 30.6. The van der Waals surface area contributed by atoms with E-state index in [4.69, 9.17) is 14.7 Å². The predicted octanol–water partition coefficient (Wildman–Crippen LogP) is 12.7. The van der Waals surface area contributed by atoms with Crippen molar-refractivity contribution in [2.24, 2.45) is 9.98 Å². The largest absolute Gasteiger partial charge is 0.494 e. The summed E-state index contributed by atoms with van der Waals surface area (Å²) in [7, 11) is 0. The predicted molar refractivity (Wildman–Crippen MR) is 226 cm³/mol. The average molecular weight is 702 g/mol. The van der Waals surface area contributed by atoms with Crippen LogP contribution in [0.4, 0.5) is 11.4 Å². The van der Waals surface area contributed by atoms with Crippen molar-refractivity contribution in [3.8, 4) is 5.75 Å². The molecule has 0 saturated carbocycles. The van der Waals surface area contributed by atoms with Gasteiger partial charge in [0.2, 0.25) is 0 Å². The van der Waals surface area contributed by atoms with E-state index in [1.54, 1.807) is 0 Å². The lowest BCUT2D eigenvalue weighted by Gasteiger charge is -2.12. The number of aromatic nitrogens is 1. The Morgan fingerprint density at radius 1 is 0.481 bits per heavy atom. The first-order valence-electron chi connectivity index (χ1n) is 18.9. The quantitative estimate of drug-likeness (QED) is 0.0871. The van der Waals surface area contributed by atoms with Crippen molar-refractivity contribution in [3.05, 3.63) is 210 Å². The lowest BCUT2D eigenvalue weighted by Crippen LogP contribution is -2.03. The average Bonchev–Trinajstić information content (AvgIpc) is 3.53. The van der Waals surface area contributed by atoms with Crippen molar-refractivity contribution in [2.45, 2.75) is 32.7 Å². The minimum absolute atomic E-state index is 0.668. The van der Waals surface area contributed by atoms with Gasteiger partial charge in [0.1, 0.15) is 5.75 Å². The SMILES string of the molecule is CCCCCOc1cccc(Cn2c3cc(N=C(c4ccccc4)c4ccccc4)ccc3c3ccc(N=C(c4ccccc4)c4ccccc4)cc32)c1. The second kappa shape index (κ2) is 16.4. The standard InChI is InChI=1S/C50H43N3O/c1-2-3-16-32-54-44-27-17-18-37(33-44)36-53-47-34-42(51-49(38-19-8-4-9-20-38)39-21-10-5-11-22-39)28-30-45(47)46-31-29-43(35-48(46)53)52-50(40-23-12-6-13-24-40)41-25-14-7-15-26-41/h4-15,17-31,33-35H,2-3,16,32,36H2,1H3. The summed E-state index contributed by atoms with van der Waals surface area (Å²) in [5.41, 5.74) is 11.4. The van der Waals surface area contributed by atoms with Crippen LogP contribution in [0.1, 0.15) is 54.0 Å². The van der Waals surface area contributed by atoms with Gasteiger partial charge in [-0.05, 0) is 48.4 Å². The maximum absolute atomic E-state index is 6.19. The third-order valence-electron chi connectivity index (χ3n) is 9.76. The molecule has 8 rings (SSSR count). The van der Waals surface area contributed by atoms with Crippen molar-refractivity contribution in [1.29, 1.82) is 0 Å². The van der Waals surface area contributed by atoms with Crippen molar-refractivity contribution < 1.29 is 4.74 Å². The first-order valence-corrected chi connectivity index (χ1v) is 18.9. The van der Waals surface area contributed by atoms with E-state index >= 15 is 0 Å². The Labute approximate surface area is 317 Å². The van der Waals surface area contributed by atoms with Gasteiger partial charge < -0.3 is 9.30 Å². The summed E-state index contributed by atoms with van der Waals surface area (Å²) in [6, 6.07) is 63.4. The van der Waals surface area contributed by atoms with E-state index in [0.29, 0.717) is 6.54 Å². The summed E-state index contributed by atoms with van der Waals surface area (Å²) >= 11 is 0. The highest BCUT2D eigenvalue weighted by Gasteiger charge is 2.15. The van der Waals surface area contributed by atoms with Crippen LogP contribution < -0.4 is 4.74 Å². The molecule has 0 aliphatic heterocycles. The van der Waals surface area contributed by atoms with Gasteiger partial charge in [0.15, 0.2) is 0 Å². The van der Waals surface area contributed by atoms with E-state index in [1.807, 2.05) is 24.3 Å². The summed E-state index contributed by atoms with van der Waals surface area (Å²) in [6.45, 7) is 3.61. The fraction of sp³-hybridized carbons (Fsp3) is 0.120. The van der Waals surface area contributed by atoms with Gasteiger partial charge in [0.25, 0.3) is 0 Å². The molecule has 0 N–H and O–H groups in total. The minimum Gasteiger partial charge on any atom is -0.494 e. The highest BCUT2D eigenvalue weighted by molar-refractivity contribution is 6.16. The van der Waals surface area contributed by atoms with Crippen molar-refractivity contribution in [2.75, 3.05) is 6.61 Å². The molecule has 0 bridgehead atoms. The summed E-state index contributed by atoms with van der Waals surface area (Å²) in [5, 5.41) is 2.36. The molecule has 0 aliphatic rings. The van der Waals surface area contributed by atoms with E-state index in [1.165, 1.54) is 29.2 Å². The van der Waals surface area contributed by atoms with Crippen LogP contribution >= 0.6 is 0 Å². The molecule has 0 aliphatic carbocycles. The number of unbranched alkanes of at least 4 members (excludes halogenated alkanes) is 2. The topological polar surface area (TPSA) is 38.9 Å². The van der Waals surface area contributed by atoms with Gasteiger partial charge in [-0.3, -0.25) is 0 Å². The highest BCUT2D eigenvalue weighted by atomic mass is 16.5. The van der Waals surface area contributed by atoms with Gasteiger partial charge in [0, 0.05) is 39.6 Å². The second-order valence-electron chi connectivity index (χ2n) is 13.6.